The lowest BCUT2D eigenvalue weighted by Crippen LogP contribution is -2.35. The highest BCUT2D eigenvalue weighted by Gasteiger charge is 2.23. The Morgan fingerprint density at radius 2 is 1.86 bits per heavy atom. The van der Waals surface area contributed by atoms with Crippen molar-refractivity contribution >= 4 is 11.9 Å². The third kappa shape index (κ3) is 5.09. The van der Waals surface area contributed by atoms with Crippen LogP contribution >= 0.6 is 0 Å². The molecule has 1 aromatic carbocycles. The fourth-order valence-corrected chi connectivity index (χ4v) is 2.90. The van der Waals surface area contributed by atoms with E-state index in [0.717, 1.165) is 12.0 Å². The van der Waals surface area contributed by atoms with Gasteiger partial charge in [0.2, 0.25) is 5.76 Å². The zero-order chi connectivity index (χ0) is 19.9. The summed E-state index contributed by atoms with van der Waals surface area (Å²) in [6.45, 7) is 5.44. The molecular weight excluding hydrogens is 366 g/mol. The summed E-state index contributed by atoms with van der Waals surface area (Å²) in [5.41, 5.74) is 0.894. The van der Waals surface area contributed by atoms with E-state index in [1.54, 1.807) is 0 Å². The predicted octanol–water partition coefficient (Wildman–Crippen LogP) is 2.09. The lowest BCUT2D eigenvalue weighted by Gasteiger charge is -2.24. The molecule has 0 radical (unpaired) electrons. The SMILES string of the molecule is CC(C)[C@H](NC(=O)COC(=O)C1=COCCO1)c1ccc2c(c1)OCCCO2. The molecule has 8 heteroatoms. The van der Waals surface area contributed by atoms with Gasteiger partial charge >= 0.3 is 5.97 Å². The van der Waals surface area contributed by atoms with Gasteiger partial charge in [0.1, 0.15) is 19.5 Å². The van der Waals surface area contributed by atoms with Crippen LogP contribution in [0.1, 0.15) is 31.9 Å². The molecule has 0 unspecified atom stereocenters. The van der Waals surface area contributed by atoms with Crippen molar-refractivity contribution in [2.24, 2.45) is 5.92 Å². The Bertz CT molecular complexity index is 744. The highest BCUT2D eigenvalue weighted by molar-refractivity contribution is 5.88. The highest BCUT2D eigenvalue weighted by atomic mass is 16.6. The number of carbonyl (C=O) groups is 2. The zero-order valence-electron chi connectivity index (χ0n) is 16.1. The van der Waals surface area contributed by atoms with Crippen LogP contribution in [-0.4, -0.2) is 44.9 Å². The molecule has 0 saturated carbocycles. The summed E-state index contributed by atoms with van der Waals surface area (Å²) in [7, 11) is 0. The Morgan fingerprint density at radius 3 is 2.57 bits per heavy atom. The first kappa shape index (κ1) is 19.9. The minimum absolute atomic E-state index is 0.0395. The second kappa shape index (κ2) is 9.34. The molecule has 0 bridgehead atoms. The molecule has 0 fully saturated rings. The maximum absolute atomic E-state index is 12.3. The Hall–Kier alpha value is -2.90. The Labute approximate surface area is 163 Å². The average Bonchev–Trinajstić information content (AvgIpc) is 2.95. The predicted molar refractivity (Wildman–Crippen MR) is 98.7 cm³/mol. The van der Waals surface area contributed by atoms with Crippen LogP contribution in [0.4, 0.5) is 0 Å². The van der Waals surface area contributed by atoms with Gasteiger partial charge in [-0.25, -0.2) is 4.79 Å². The molecular formula is C20H25NO7. The number of amides is 1. The summed E-state index contributed by atoms with van der Waals surface area (Å²) in [5, 5.41) is 2.91. The van der Waals surface area contributed by atoms with Crippen LogP contribution in [0.2, 0.25) is 0 Å². The molecule has 1 aromatic rings. The molecule has 2 aliphatic rings. The van der Waals surface area contributed by atoms with Crippen molar-refractivity contribution in [1.29, 1.82) is 0 Å². The van der Waals surface area contributed by atoms with Crippen LogP contribution in [0.15, 0.2) is 30.2 Å². The van der Waals surface area contributed by atoms with Crippen LogP contribution in [0, 0.1) is 5.92 Å². The fourth-order valence-electron chi connectivity index (χ4n) is 2.90. The fraction of sp³-hybridized carbons (Fsp3) is 0.500. The Morgan fingerprint density at radius 1 is 1.07 bits per heavy atom. The molecule has 152 valence electrons. The first-order valence-electron chi connectivity index (χ1n) is 9.35. The summed E-state index contributed by atoms with van der Waals surface area (Å²) >= 11 is 0. The van der Waals surface area contributed by atoms with E-state index in [0.29, 0.717) is 31.3 Å². The molecule has 1 atom stereocenters. The number of ether oxygens (including phenoxy) is 5. The minimum atomic E-state index is -0.730. The van der Waals surface area contributed by atoms with Crippen LogP contribution in [0.5, 0.6) is 11.5 Å². The van der Waals surface area contributed by atoms with E-state index in [4.69, 9.17) is 23.7 Å². The van der Waals surface area contributed by atoms with Crippen LogP contribution in [-0.2, 0) is 23.8 Å². The zero-order valence-corrected chi connectivity index (χ0v) is 16.1. The van der Waals surface area contributed by atoms with Gasteiger partial charge in [-0.1, -0.05) is 19.9 Å². The molecule has 0 aromatic heterocycles. The summed E-state index contributed by atoms with van der Waals surface area (Å²) in [4.78, 5) is 24.2. The smallest absolute Gasteiger partial charge is 0.377 e. The summed E-state index contributed by atoms with van der Waals surface area (Å²) < 4.78 is 26.5. The Balaban J connectivity index is 1.61. The van der Waals surface area contributed by atoms with E-state index in [2.05, 4.69) is 5.32 Å². The maximum Gasteiger partial charge on any atom is 0.377 e. The van der Waals surface area contributed by atoms with Gasteiger partial charge in [0.25, 0.3) is 5.91 Å². The molecule has 1 N–H and O–H groups in total. The van der Waals surface area contributed by atoms with Crippen molar-refractivity contribution in [3.63, 3.8) is 0 Å². The first-order valence-corrected chi connectivity index (χ1v) is 9.35. The van der Waals surface area contributed by atoms with E-state index >= 15 is 0 Å². The lowest BCUT2D eigenvalue weighted by molar-refractivity contribution is -0.149. The molecule has 1 amide bonds. The number of carbonyl (C=O) groups excluding carboxylic acids is 2. The van der Waals surface area contributed by atoms with Crippen molar-refractivity contribution < 1.29 is 33.3 Å². The number of benzene rings is 1. The second-order valence-electron chi connectivity index (χ2n) is 6.82. The molecule has 3 rings (SSSR count). The van der Waals surface area contributed by atoms with Gasteiger partial charge in [-0.15, -0.1) is 0 Å². The van der Waals surface area contributed by atoms with E-state index < -0.39 is 18.5 Å². The van der Waals surface area contributed by atoms with Crippen molar-refractivity contribution in [2.75, 3.05) is 33.0 Å². The van der Waals surface area contributed by atoms with Gasteiger partial charge in [0, 0.05) is 6.42 Å². The number of hydrogen-bond donors (Lipinski definition) is 1. The molecule has 0 saturated heterocycles. The number of fused-ring (bicyclic) bond motifs is 1. The van der Waals surface area contributed by atoms with Crippen LogP contribution in [0.3, 0.4) is 0 Å². The summed E-state index contributed by atoms with van der Waals surface area (Å²) in [6.07, 6.45) is 2.02. The number of rotatable bonds is 6. The Kier molecular flexibility index (Phi) is 6.62. The first-order chi connectivity index (χ1) is 13.5. The van der Waals surface area contributed by atoms with Crippen molar-refractivity contribution in [3.8, 4) is 11.5 Å². The molecule has 2 aliphatic heterocycles. The number of nitrogens with one attached hydrogen (secondary N) is 1. The average molecular weight is 391 g/mol. The van der Waals surface area contributed by atoms with Crippen molar-refractivity contribution in [3.05, 3.63) is 35.8 Å². The van der Waals surface area contributed by atoms with Gasteiger partial charge in [-0.3, -0.25) is 4.79 Å². The molecule has 28 heavy (non-hydrogen) atoms. The van der Waals surface area contributed by atoms with Crippen molar-refractivity contribution in [1.82, 2.24) is 5.32 Å². The molecule has 0 aliphatic carbocycles. The normalized spacial score (nSPS) is 16.8. The highest BCUT2D eigenvalue weighted by Crippen LogP contribution is 2.34. The monoisotopic (exact) mass is 391 g/mol. The van der Waals surface area contributed by atoms with Gasteiger partial charge in [0.15, 0.2) is 18.1 Å². The van der Waals surface area contributed by atoms with E-state index in [1.807, 2.05) is 32.0 Å². The number of esters is 1. The van der Waals surface area contributed by atoms with Crippen molar-refractivity contribution in [2.45, 2.75) is 26.3 Å². The van der Waals surface area contributed by atoms with Gasteiger partial charge in [0.05, 0.1) is 19.3 Å². The third-order valence-electron chi connectivity index (χ3n) is 4.30. The quantitative estimate of drug-likeness (QED) is 0.743. The summed E-state index contributed by atoms with van der Waals surface area (Å²) in [6, 6.07) is 5.37. The lowest BCUT2D eigenvalue weighted by atomic mass is 9.95. The van der Waals surface area contributed by atoms with Gasteiger partial charge in [-0.2, -0.15) is 0 Å². The minimum Gasteiger partial charge on any atom is -0.493 e. The standard InChI is InChI=1S/C20H25NO7/c1-13(2)19(14-4-5-15-16(10-14)26-7-3-6-25-15)21-18(22)12-28-20(23)17-11-24-8-9-27-17/h4-5,10-11,13,19H,3,6-9,12H2,1-2H3,(H,21,22)/t19-/m0/s1. The van der Waals surface area contributed by atoms with Crippen LogP contribution in [0.25, 0.3) is 0 Å². The molecule has 8 nitrogen and oxygen atoms in total. The van der Waals surface area contributed by atoms with E-state index in [-0.39, 0.29) is 24.3 Å². The van der Waals surface area contributed by atoms with Crippen LogP contribution < -0.4 is 14.8 Å². The van der Waals surface area contributed by atoms with E-state index in [9.17, 15) is 9.59 Å². The largest absolute Gasteiger partial charge is 0.493 e. The molecule has 2 heterocycles. The van der Waals surface area contributed by atoms with E-state index in [1.165, 1.54) is 6.26 Å². The molecule has 0 spiro atoms. The topological polar surface area (TPSA) is 92.3 Å². The third-order valence-corrected chi connectivity index (χ3v) is 4.30. The number of hydrogen-bond acceptors (Lipinski definition) is 7. The second-order valence-corrected chi connectivity index (χ2v) is 6.82. The maximum atomic E-state index is 12.3. The van der Waals surface area contributed by atoms with Gasteiger partial charge < -0.3 is 29.0 Å². The van der Waals surface area contributed by atoms with Gasteiger partial charge in [-0.05, 0) is 23.6 Å². The summed E-state index contributed by atoms with van der Waals surface area (Å²) in [5.74, 6) is 0.308.